The van der Waals surface area contributed by atoms with Gasteiger partial charge in [0, 0.05) is 6.20 Å². The van der Waals surface area contributed by atoms with E-state index in [9.17, 15) is 4.79 Å². The van der Waals surface area contributed by atoms with E-state index >= 15 is 0 Å². The molecular formula is C11H12N2O3S. The van der Waals surface area contributed by atoms with E-state index < -0.39 is 12.0 Å². The minimum Gasteiger partial charge on any atom is -0.490 e. The Bertz CT molecular complexity index is 526. The topological polar surface area (TPSA) is 74.4 Å². The molecule has 0 aliphatic carbocycles. The van der Waals surface area contributed by atoms with Crippen LogP contribution in [0.15, 0.2) is 23.7 Å². The Morgan fingerprint density at radius 3 is 3.18 bits per heavy atom. The number of rotatable bonds is 4. The highest BCUT2D eigenvalue weighted by molar-refractivity contribution is 7.17. The van der Waals surface area contributed by atoms with Gasteiger partial charge in [0.2, 0.25) is 0 Å². The van der Waals surface area contributed by atoms with Crippen molar-refractivity contribution >= 4 is 27.5 Å². The maximum Gasteiger partial charge on any atom is 0.326 e. The Morgan fingerprint density at radius 2 is 2.41 bits per heavy atom. The maximum absolute atomic E-state index is 11.1. The lowest BCUT2D eigenvalue weighted by Crippen LogP contribution is -2.37. The summed E-state index contributed by atoms with van der Waals surface area (Å²) in [5, 5.41) is 1.94. The second-order valence-corrected chi connectivity index (χ2v) is 4.30. The summed E-state index contributed by atoms with van der Waals surface area (Å²) >= 11 is 1.54. The molecule has 2 N–H and O–H groups in total. The van der Waals surface area contributed by atoms with Gasteiger partial charge in [-0.1, -0.05) is 0 Å². The normalized spacial score (nSPS) is 12.4. The molecule has 2 rings (SSSR count). The average molecular weight is 252 g/mol. The van der Waals surface area contributed by atoms with Gasteiger partial charge in [-0.2, -0.15) is 0 Å². The fourth-order valence-electron chi connectivity index (χ4n) is 1.36. The predicted octanol–water partition coefficient (Wildman–Crippen LogP) is 1.18. The van der Waals surface area contributed by atoms with Gasteiger partial charge in [-0.25, -0.2) is 0 Å². The van der Waals surface area contributed by atoms with E-state index in [1.807, 2.05) is 11.4 Å². The summed E-state index contributed by atoms with van der Waals surface area (Å²) in [5.74, 6) is 0.200. The Morgan fingerprint density at radius 1 is 1.59 bits per heavy atom. The van der Waals surface area contributed by atoms with Crippen LogP contribution in [0.1, 0.15) is 0 Å². The number of hydrogen-bond acceptors (Lipinski definition) is 6. The Labute approximate surface area is 102 Å². The van der Waals surface area contributed by atoms with Gasteiger partial charge in [0.1, 0.15) is 18.4 Å². The van der Waals surface area contributed by atoms with E-state index in [0.29, 0.717) is 5.75 Å². The van der Waals surface area contributed by atoms with Gasteiger partial charge in [-0.15, -0.1) is 11.3 Å². The lowest BCUT2D eigenvalue weighted by atomic mass is 10.3. The van der Waals surface area contributed by atoms with Crippen LogP contribution in [0, 0.1) is 0 Å². The number of nitrogens with two attached hydrogens (primary N) is 1. The van der Waals surface area contributed by atoms with Crippen LogP contribution in [-0.2, 0) is 9.53 Å². The summed E-state index contributed by atoms with van der Waals surface area (Å²) in [7, 11) is 1.30. The van der Waals surface area contributed by atoms with Crippen LogP contribution in [-0.4, -0.2) is 30.7 Å². The van der Waals surface area contributed by atoms with Crippen LogP contribution in [0.5, 0.6) is 5.75 Å². The molecule has 17 heavy (non-hydrogen) atoms. The van der Waals surface area contributed by atoms with Gasteiger partial charge in [0.25, 0.3) is 0 Å². The van der Waals surface area contributed by atoms with Crippen molar-refractivity contribution < 1.29 is 14.3 Å². The van der Waals surface area contributed by atoms with Crippen molar-refractivity contribution in [2.75, 3.05) is 13.7 Å². The number of aromatic nitrogens is 1. The van der Waals surface area contributed by atoms with Gasteiger partial charge in [0.05, 0.1) is 17.3 Å². The molecule has 2 heterocycles. The lowest BCUT2D eigenvalue weighted by molar-refractivity contribution is -0.142. The number of carbonyl (C=O) groups is 1. The van der Waals surface area contributed by atoms with Crippen LogP contribution in [0.25, 0.3) is 10.2 Å². The first-order chi connectivity index (χ1) is 8.22. The van der Waals surface area contributed by atoms with Crippen molar-refractivity contribution in [1.82, 2.24) is 4.98 Å². The fraction of sp³-hybridized carbons (Fsp3) is 0.273. The first-order valence-electron chi connectivity index (χ1n) is 5.01. The quantitative estimate of drug-likeness (QED) is 0.827. The molecule has 1 atom stereocenters. The van der Waals surface area contributed by atoms with E-state index in [2.05, 4.69) is 9.72 Å². The monoisotopic (exact) mass is 252 g/mol. The second kappa shape index (κ2) is 5.11. The van der Waals surface area contributed by atoms with Crippen LogP contribution < -0.4 is 10.5 Å². The molecule has 0 saturated carbocycles. The zero-order chi connectivity index (χ0) is 12.3. The molecule has 0 saturated heterocycles. The SMILES string of the molecule is COC(=O)C(N)COc1ccnc2ccsc12. The van der Waals surface area contributed by atoms with Crippen molar-refractivity contribution in [3.05, 3.63) is 23.7 Å². The summed E-state index contributed by atoms with van der Waals surface area (Å²) in [5.41, 5.74) is 6.46. The van der Waals surface area contributed by atoms with Crippen molar-refractivity contribution in [1.29, 1.82) is 0 Å². The number of hydrogen-bond donors (Lipinski definition) is 1. The van der Waals surface area contributed by atoms with Crippen LogP contribution in [0.3, 0.4) is 0 Å². The maximum atomic E-state index is 11.1. The van der Waals surface area contributed by atoms with Crippen LogP contribution >= 0.6 is 11.3 Å². The summed E-state index contributed by atoms with van der Waals surface area (Å²) in [6, 6.07) is 2.89. The number of esters is 1. The minimum absolute atomic E-state index is 0.0870. The molecule has 0 bridgehead atoms. The number of ether oxygens (including phenoxy) is 2. The molecule has 0 spiro atoms. The largest absolute Gasteiger partial charge is 0.490 e. The highest BCUT2D eigenvalue weighted by Crippen LogP contribution is 2.28. The van der Waals surface area contributed by atoms with Crippen LogP contribution in [0.2, 0.25) is 0 Å². The Hall–Kier alpha value is -1.66. The third kappa shape index (κ3) is 2.54. The molecular weight excluding hydrogens is 240 g/mol. The van der Waals surface area contributed by atoms with Gasteiger partial charge in [-0.3, -0.25) is 9.78 Å². The van der Waals surface area contributed by atoms with E-state index in [0.717, 1.165) is 10.2 Å². The molecule has 2 aromatic heterocycles. The molecule has 1 unspecified atom stereocenters. The third-order valence-electron chi connectivity index (χ3n) is 2.23. The molecule has 0 radical (unpaired) electrons. The Kier molecular flexibility index (Phi) is 3.55. The van der Waals surface area contributed by atoms with Crippen molar-refractivity contribution in [2.24, 2.45) is 5.73 Å². The summed E-state index contributed by atoms with van der Waals surface area (Å²) < 4.78 is 11.0. The zero-order valence-electron chi connectivity index (χ0n) is 9.25. The Balaban J connectivity index is 2.09. The number of nitrogens with zero attached hydrogens (tertiary/aromatic N) is 1. The van der Waals surface area contributed by atoms with Crippen molar-refractivity contribution in [3.8, 4) is 5.75 Å². The molecule has 5 nitrogen and oxygen atoms in total. The molecule has 0 aromatic carbocycles. The first kappa shape index (κ1) is 11.8. The van der Waals surface area contributed by atoms with Crippen molar-refractivity contribution in [2.45, 2.75) is 6.04 Å². The third-order valence-corrected chi connectivity index (χ3v) is 3.15. The van der Waals surface area contributed by atoms with E-state index in [4.69, 9.17) is 10.5 Å². The molecule has 0 aliphatic heterocycles. The highest BCUT2D eigenvalue weighted by Gasteiger charge is 2.15. The highest BCUT2D eigenvalue weighted by atomic mass is 32.1. The number of pyridine rings is 1. The summed E-state index contributed by atoms with van der Waals surface area (Å²) in [4.78, 5) is 15.3. The van der Waals surface area contributed by atoms with Crippen LogP contribution in [0.4, 0.5) is 0 Å². The second-order valence-electron chi connectivity index (χ2n) is 3.38. The van der Waals surface area contributed by atoms with Gasteiger partial charge < -0.3 is 15.2 Å². The number of thiophene rings is 1. The van der Waals surface area contributed by atoms with Gasteiger partial charge in [-0.05, 0) is 17.5 Å². The molecule has 0 amide bonds. The molecule has 0 fully saturated rings. The number of methoxy groups -OCH3 is 1. The van der Waals surface area contributed by atoms with Crippen molar-refractivity contribution in [3.63, 3.8) is 0 Å². The molecule has 0 aliphatic rings. The van der Waals surface area contributed by atoms with E-state index in [1.54, 1.807) is 12.3 Å². The number of carbonyl (C=O) groups excluding carboxylic acids is 1. The molecule has 2 aromatic rings. The first-order valence-corrected chi connectivity index (χ1v) is 5.88. The lowest BCUT2D eigenvalue weighted by Gasteiger charge is -2.11. The predicted molar refractivity (Wildman–Crippen MR) is 65.1 cm³/mol. The summed E-state index contributed by atoms with van der Waals surface area (Å²) in [6.07, 6.45) is 1.66. The average Bonchev–Trinajstić information content (AvgIpc) is 2.83. The summed E-state index contributed by atoms with van der Waals surface area (Å²) in [6.45, 7) is 0.0870. The zero-order valence-corrected chi connectivity index (χ0v) is 10.1. The molecule has 90 valence electrons. The van der Waals surface area contributed by atoms with E-state index in [1.165, 1.54) is 18.4 Å². The fourth-order valence-corrected chi connectivity index (χ4v) is 2.18. The van der Waals surface area contributed by atoms with E-state index in [-0.39, 0.29) is 6.61 Å². The molecule has 6 heteroatoms. The smallest absolute Gasteiger partial charge is 0.326 e. The number of fused-ring (bicyclic) bond motifs is 1. The van der Waals surface area contributed by atoms with Gasteiger partial charge >= 0.3 is 5.97 Å². The standard InChI is InChI=1S/C11H12N2O3S/c1-15-11(14)7(12)6-16-9-2-4-13-8-3-5-17-10(8)9/h2-5,7H,6,12H2,1H3. The minimum atomic E-state index is -0.775. The van der Waals surface area contributed by atoms with Gasteiger partial charge in [0.15, 0.2) is 0 Å².